The largest absolute Gasteiger partial charge is 0.507 e. The Kier molecular flexibility index (Phi) is 5.52. The lowest BCUT2D eigenvalue weighted by Gasteiger charge is -2.31. The summed E-state index contributed by atoms with van der Waals surface area (Å²) in [6.45, 7) is 3.86. The third kappa shape index (κ3) is 3.84. The number of phenolic OH excluding ortho intramolecular Hbond substituents is 1. The van der Waals surface area contributed by atoms with E-state index >= 15 is 0 Å². The van der Waals surface area contributed by atoms with E-state index in [2.05, 4.69) is 6.92 Å². The standard InChI is InChI=1S/C17H25NO4/c1-12-5-4-8-18(11-12)17(20)7-6-14-15(19)9-13(21-2)10-16(14)22-3/h9-10,12,19H,4-8,11H2,1-3H3. The summed E-state index contributed by atoms with van der Waals surface area (Å²) in [7, 11) is 3.08. The number of rotatable bonds is 5. The van der Waals surface area contributed by atoms with Crippen LogP contribution >= 0.6 is 0 Å². The maximum Gasteiger partial charge on any atom is 0.222 e. The summed E-state index contributed by atoms with van der Waals surface area (Å²) in [4.78, 5) is 14.3. The van der Waals surface area contributed by atoms with E-state index in [4.69, 9.17) is 9.47 Å². The van der Waals surface area contributed by atoms with Crippen molar-refractivity contribution in [3.8, 4) is 17.2 Å². The number of aromatic hydroxyl groups is 1. The van der Waals surface area contributed by atoms with E-state index in [1.165, 1.54) is 13.5 Å². The first-order valence-electron chi connectivity index (χ1n) is 7.76. The summed E-state index contributed by atoms with van der Waals surface area (Å²) in [5, 5.41) is 10.1. The molecule has 1 atom stereocenters. The molecule has 1 aromatic rings. The molecule has 0 radical (unpaired) electrons. The number of piperidine rings is 1. The Labute approximate surface area is 131 Å². The number of likely N-dealkylation sites (tertiary alicyclic amines) is 1. The van der Waals surface area contributed by atoms with Crippen molar-refractivity contribution in [1.29, 1.82) is 0 Å². The molecule has 122 valence electrons. The minimum absolute atomic E-state index is 0.107. The molecule has 1 N–H and O–H groups in total. The number of carbonyl (C=O) groups excluding carboxylic acids is 1. The Bertz CT molecular complexity index is 530. The molecule has 1 aromatic carbocycles. The van der Waals surface area contributed by atoms with Crippen molar-refractivity contribution in [2.75, 3.05) is 27.3 Å². The van der Waals surface area contributed by atoms with Crippen LogP contribution in [0.4, 0.5) is 0 Å². The van der Waals surface area contributed by atoms with Gasteiger partial charge in [-0.15, -0.1) is 0 Å². The maximum atomic E-state index is 12.3. The van der Waals surface area contributed by atoms with Crippen LogP contribution in [0.1, 0.15) is 31.7 Å². The smallest absolute Gasteiger partial charge is 0.222 e. The fourth-order valence-corrected chi connectivity index (χ4v) is 2.96. The molecule has 5 heteroatoms. The summed E-state index contributed by atoms with van der Waals surface area (Å²) in [5.74, 6) is 1.91. The lowest BCUT2D eigenvalue weighted by molar-refractivity contribution is -0.132. The summed E-state index contributed by atoms with van der Waals surface area (Å²) in [6.07, 6.45) is 3.10. The summed E-state index contributed by atoms with van der Waals surface area (Å²) in [6, 6.07) is 3.27. The number of nitrogens with zero attached hydrogens (tertiary/aromatic N) is 1. The van der Waals surface area contributed by atoms with E-state index in [0.717, 1.165) is 19.5 Å². The number of phenols is 1. The van der Waals surface area contributed by atoms with E-state index in [9.17, 15) is 9.90 Å². The highest BCUT2D eigenvalue weighted by Crippen LogP contribution is 2.34. The zero-order chi connectivity index (χ0) is 16.1. The van der Waals surface area contributed by atoms with Gasteiger partial charge in [0.15, 0.2) is 0 Å². The van der Waals surface area contributed by atoms with E-state index in [-0.39, 0.29) is 11.7 Å². The molecule has 22 heavy (non-hydrogen) atoms. The predicted molar refractivity (Wildman–Crippen MR) is 84.5 cm³/mol. The van der Waals surface area contributed by atoms with Gasteiger partial charge in [0.05, 0.1) is 14.2 Å². The number of hydrogen-bond acceptors (Lipinski definition) is 4. The van der Waals surface area contributed by atoms with Crippen molar-refractivity contribution < 1.29 is 19.4 Å². The second kappa shape index (κ2) is 7.38. The van der Waals surface area contributed by atoms with E-state index in [1.54, 1.807) is 19.2 Å². The van der Waals surface area contributed by atoms with Crippen molar-refractivity contribution in [2.24, 2.45) is 5.92 Å². The van der Waals surface area contributed by atoms with Crippen LogP contribution in [-0.2, 0) is 11.2 Å². The van der Waals surface area contributed by atoms with Crippen LogP contribution in [0.15, 0.2) is 12.1 Å². The molecule has 1 heterocycles. The number of amides is 1. The van der Waals surface area contributed by atoms with Crippen molar-refractivity contribution in [2.45, 2.75) is 32.6 Å². The quantitative estimate of drug-likeness (QED) is 0.908. The highest BCUT2D eigenvalue weighted by molar-refractivity contribution is 5.76. The average Bonchev–Trinajstić information content (AvgIpc) is 2.52. The number of benzene rings is 1. The first-order valence-corrected chi connectivity index (χ1v) is 7.76. The Hall–Kier alpha value is -1.91. The van der Waals surface area contributed by atoms with Crippen LogP contribution in [0, 0.1) is 5.92 Å². The summed E-state index contributed by atoms with van der Waals surface area (Å²) in [5.41, 5.74) is 0.654. The van der Waals surface area contributed by atoms with Gasteiger partial charge in [0.2, 0.25) is 5.91 Å². The molecular weight excluding hydrogens is 282 g/mol. The van der Waals surface area contributed by atoms with Crippen molar-refractivity contribution >= 4 is 5.91 Å². The molecule has 1 fully saturated rings. The second-order valence-electron chi connectivity index (χ2n) is 5.91. The normalized spacial score (nSPS) is 18.1. The van der Waals surface area contributed by atoms with Gasteiger partial charge in [-0.3, -0.25) is 4.79 Å². The Balaban J connectivity index is 2.03. The fraction of sp³-hybridized carbons (Fsp3) is 0.588. The molecule has 1 amide bonds. The first-order chi connectivity index (χ1) is 10.5. The van der Waals surface area contributed by atoms with E-state index in [1.807, 2.05) is 4.90 Å². The molecule has 0 aromatic heterocycles. The van der Waals surface area contributed by atoms with E-state index in [0.29, 0.717) is 35.8 Å². The van der Waals surface area contributed by atoms with Gasteiger partial charge in [-0.2, -0.15) is 0 Å². The van der Waals surface area contributed by atoms with Crippen LogP contribution in [0.5, 0.6) is 17.2 Å². The summed E-state index contributed by atoms with van der Waals surface area (Å²) < 4.78 is 10.4. The lowest BCUT2D eigenvalue weighted by atomic mass is 9.99. The molecule has 0 saturated carbocycles. The van der Waals surface area contributed by atoms with Crippen LogP contribution < -0.4 is 9.47 Å². The van der Waals surface area contributed by atoms with Gasteiger partial charge >= 0.3 is 0 Å². The molecule has 0 spiro atoms. The van der Waals surface area contributed by atoms with Crippen LogP contribution in [-0.4, -0.2) is 43.2 Å². The molecular formula is C17H25NO4. The molecule has 1 unspecified atom stereocenters. The molecule has 1 saturated heterocycles. The average molecular weight is 307 g/mol. The molecule has 1 aliphatic rings. The molecule has 0 bridgehead atoms. The SMILES string of the molecule is COc1cc(O)c(CCC(=O)N2CCCC(C)C2)c(OC)c1. The zero-order valence-corrected chi connectivity index (χ0v) is 13.6. The van der Waals surface area contributed by atoms with E-state index < -0.39 is 0 Å². The van der Waals surface area contributed by atoms with Crippen LogP contribution in [0.25, 0.3) is 0 Å². The number of carbonyl (C=O) groups is 1. The van der Waals surface area contributed by atoms with Crippen molar-refractivity contribution in [3.05, 3.63) is 17.7 Å². The van der Waals surface area contributed by atoms with Crippen LogP contribution in [0.3, 0.4) is 0 Å². The monoisotopic (exact) mass is 307 g/mol. The number of methoxy groups -OCH3 is 2. The predicted octanol–water partition coefficient (Wildman–Crippen LogP) is 2.60. The number of ether oxygens (including phenoxy) is 2. The van der Waals surface area contributed by atoms with Gasteiger partial charge in [0.25, 0.3) is 0 Å². The first kappa shape index (κ1) is 16.5. The molecule has 2 rings (SSSR count). The summed E-state index contributed by atoms with van der Waals surface area (Å²) >= 11 is 0. The number of hydrogen-bond donors (Lipinski definition) is 1. The van der Waals surface area contributed by atoms with Crippen LogP contribution in [0.2, 0.25) is 0 Å². The topological polar surface area (TPSA) is 59.0 Å². The van der Waals surface area contributed by atoms with Gasteiger partial charge in [-0.05, 0) is 25.2 Å². The van der Waals surface area contributed by atoms with Gasteiger partial charge in [0, 0.05) is 37.2 Å². The Morgan fingerprint density at radius 2 is 2.14 bits per heavy atom. The van der Waals surface area contributed by atoms with Crippen molar-refractivity contribution in [3.63, 3.8) is 0 Å². The van der Waals surface area contributed by atoms with Crippen molar-refractivity contribution in [1.82, 2.24) is 4.90 Å². The maximum absolute atomic E-state index is 12.3. The third-order valence-corrected chi connectivity index (χ3v) is 4.21. The minimum Gasteiger partial charge on any atom is -0.507 e. The molecule has 5 nitrogen and oxygen atoms in total. The fourth-order valence-electron chi connectivity index (χ4n) is 2.96. The van der Waals surface area contributed by atoms with Gasteiger partial charge in [0.1, 0.15) is 17.2 Å². The highest BCUT2D eigenvalue weighted by atomic mass is 16.5. The molecule has 1 aliphatic heterocycles. The zero-order valence-electron chi connectivity index (χ0n) is 13.6. The lowest BCUT2D eigenvalue weighted by Crippen LogP contribution is -2.39. The minimum atomic E-state index is 0.107. The second-order valence-corrected chi connectivity index (χ2v) is 5.91. The molecule has 0 aliphatic carbocycles. The Morgan fingerprint density at radius 3 is 2.77 bits per heavy atom. The Morgan fingerprint density at radius 1 is 1.36 bits per heavy atom. The van der Waals surface area contributed by atoms with Gasteiger partial charge < -0.3 is 19.5 Å². The highest BCUT2D eigenvalue weighted by Gasteiger charge is 2.21. The van der Waals surface area contributed by atoms with Gasteiger partial charge in [-0.25, -0.2) is 0 Å². The third-order valence-electron chi connectivity index (χ3n) is 4.21. The van der Waals surface area contributed by atoms with Gasteiger partial charge in [-0.1, -0.05) is 6.92 Å².